The minimum absolute atomic E-state index is 0.0993. The van der Waals surface area contributed by atoms with Crippen molar-refractivity contribution in [1.29, 1.82) is 0 Å². The molecular formula is C10H11F3N4. The van der Waals surface area contributed by atoms with Gasteiger partial charge in [0.15, 0.2) is 5.69 Å². The summed E-state index contributed by atoms with van der Waals surface area (Å²) in [4.78, 5) is 7.73. The summed E-state index contributed by atoms with van der Waals surface area (Å²) in [7, 11) is 0. The number of alkyl halides is 3. The van der Waals surface area contributed by atoms with E-state index in [-0.39, 0.29) is 24.1 Å². The van der Waals surface area contributed by atoms with Crippen LogP contribution in [0.3, 0.4) is 0 Å². The van der Waals surface area contributed by atoms with Gasteiger partial charge in [-0.25, -0.2) is 9.97 Å². The van der Waals surface area contributed by atoms with Crippen molar-refractivity contribution < 1.29 is 13.2 Å². The molecule has 0 amide bonds. The fraction of sp³-hybridized carbons (Fsp3) is 0.600. The monoisotopic (exact) mass is 244 g/mol. The topological polar surface area (TPSA) is 49.8 Å². The Morgan fingerprint density at radius 1 is 1.18 bits per heavy atom. The highest BCUT2D eigenvalue weighted by Crippen LogP contribution is 2.34. The first-order chi connectivity index (χ1) is 8.04. The average Bonchev–Trinajstić information content (AvgIpc) is 2.92. The molecule has 3 rings (SSSR count). The molecule has 1 fully saturated rings. The molecule has 2 aliphatic rings. The molecule has 1 aromatic rings. The third kappa shape index (κ3) is 2.06. The number of hydrogen-bond acceptors (Lipinski definition) is 4. The van der Waals surface area contributed by atoms with Crippen molar-refractivity contribution in [3.63, 3.8) is 0 Å². The van der Waals surface area contributed by atoms with Gasteiger partial charge in [0.05, 0.1) is 5.69 Å². The van der Waals surface area contributed by atoms with Crippen LogP contribution in [0.4, 0.5) is 19.1 Å². The Labute approximate surface area is 95.6 Å². The number of aromatic nitrogens is 2. The molecule has 1 aliphatic carbocycles. The van der Waals surface area contributed by atoms with E-state index in [9.17, 15) is 13.2 Å². The maximum absolute atomic E-state index is 12.8. The first-order valence-electron chi connectivity index (χ1n) is 5.48. The van der Waals surface area contributed by atoms with Crippen molar-refractivity contribution in [2.24, 2.45) is 0 Å². The Morgan fingerprint density at radius 3 is 2.59 bits per heavy atom. The van der Waals surface area contributed by atoms with Gasteiger partial charge in [0.25, 0.3) is 0 Å². The number of halogens is 3. The second kappa shape index (κ2) is 3.56. The molecule has 0 aromatic carbocycles. The van der Waals surface area contributed by atoms with Gasteiger partial charge in [-0.1, -0.05) is 0 Å². The van der Waals surface area contributed by atoms with Crippen LogP contribution in [0, 0.1) is 0 Å². The number of anilines is 1. The molecule has 0 bridgehead atoms. The maximum Gasteiger partial charge on any atom is 0.433 e. The van der Waals surface area contributed by atoms with Crippen molar-refractivity contribution in [3.8, 4) is 0 Å². The van der Waals surface area contributed by atoms with E-state index >= 15 is 0 Å². The Kier molecular flexibility index (Phi) is 2.25. The molecule has 2 N–H and O–H groups in total. The zero-order valence-electron chi connectivity index (χ0n) is 8.93. The average molecular weight is 244 g/mol. The summed E-state index contributed by atoms with van der Waals surface area (Å²) in [6, 6.07) is 0.239. The smallest absolute Gasteiger partial charge is 0.351 e. The lowest BCUT2D eigenvalue weighted by atomic mass is 10.2. The number of hydrogen-bond donors (Lipinski definition) is 2. The Hall–Kier alpha value is -1.37. The third-order valence-electron chi connectivity index (χ3n) is 2.87. The Bertz CT molecular complexity index is 454. The summed E-state index contributed by atoms with van der Waals surface area (Å²) < 4.78 is 38.5. The van der Waals surface area contributed by atoms with E-state index in [2.05, 4.69) is 20.6 Å². The van der Waals surface area contributed by atoms with Gasteiger partial charge in [-0.2, -0.15) is 13.2 Å². The molecule has 2 heterocycles. The van der Waals surface area contributed by atoms with Gasteiger partial charge in [-0.3, -0.25) is 0 Å². The van der Waals surface area contributed by atoms with Crippen molar-refractivity contribution in [3.05, 3.63) is 17.0 Å². The quantitative estimate of drug-likeness (QED) is 0.831. The predicted octanol–water partition coefficient (Wildman–Crippen LogP) is 1.67. The van der Waals surface area contributed by atoms with Gasteiger partial charge in [-0.05, 0) is 12.8 Å². The van der Waals surface area contributed by atoms with Gasteiger partial charge < -0.3 is 10.6 Å². The second-order valence-corrected chi connectivity index (χ2v) is 4.34. The zero-order valence-corrected chi connectivity index (χ0v) is 8.93. The molecule has 0 radical (unpaired) electrons. The minimum atomic E-state index is -4.42. The first kappa shape index (κ1) is 10.8. The van der Waals surface area contributed by atoms with E-state index in [4.69, 9.17) is 0 Å². The zero-order chi connectivity index (χ0) is 12.0. The van der Waals surface area contributed by atoms with E-state index in [1.807, 2.05) is 0 Å². The largest absolute Gasteiger partial charge is 0.433 e. The molecule has 0 atom stereocenters. The summed E-state index contributed by atoms with van der Waals surface area (Å²) in [6.07, 6.45) is -2.47. The summed E-state index contributed by atoms with van der Waals surface area (Å²) in [5, 5.41) is 5.77. The van der Waals surface area contributed by atoms with Gasteiger partial charge in [0.1, 0.15) is 0 Å². The number of nitrogens with one attached hydrogen (secondary N) is 2. The lowest BCUT2D eigenvalue weighted by Crippen LogP contribution is -2.16. The second-order valence-electron chi connectivity index (χ2n) is 4.34. The molecular weight excluding hydrogens is 233 g/mol. The van der Waals surface area contributed by atoms with Gasteiger partial charge >= 0.3 is 6.18 Å². The van der Waals surface area contributed by atoms with Crippen LogP contribution in [-0.4, -0.2) is 16.0 Å². The number of fused-ring (bicyclic) bond motifs is 1. The highest BCUT2D eigenvalue weighted by Gasteiger charge is 2.38. The molecule has 17 heavy (non-hydrogen) atoms. The van der Waals surface area contributed by atoms with E-state index in [0.717, 1.165) is 12.8 Å². The normalized spacial score (nSPS) is 19.2. The Morgan fingerprint density at radius 2 is 1.94 bits per heavy atom. The van der Waals surface area contributed by atoms with Crippen LogP contribution in [-0.2, 0) is 19.3 Å². The number of rotatable bonds is 2. The van der Waals surface area contributed by atoms with Crippen LogP contribution < -0.4 is 10.6 Å². The SMILES string of the molecule is FC(F)(F)c1nc(NC2CC2)nc2c1CNC2. The van der Waals surface area contributed by atoms with Gasteiger partial charge in [0.2, 0.25) is 5.95 Å². The van der Waals surface area contributed by atoms with E-state index in [1.54, 1.807) is 0 Å². The van der Waals surface area contributed by atoms with Crippen LogP contribution in [0.15, 0.2) is 0 Å². The summed E-state index contributed by atoms with van der Waals surface area (Å²) >= 11 is 0. The van der Waals surface area contributed by atoms with Crippen molar-refractivity contribution >= 4 is 5.95 Å². The first-order valence-corrected chi connectivity index (χ1v) is 5.48. The molecule has 1 saturated carbocycles. The van der Waals surface area contributed by atoms with Gasteiger partial charge in [0, 0.05) is 24.7 Å². The fourth-order valence-corrected chi connectivity index (χ4v) is 1.88. The Balaban J connectivity index is 2.02. The van der Waals surface area contributed by atoms with Crippen molar-refractivity contribution in [2.75, 3.05) is 5.32 Å². The molecule has 4 nitrogen and oxygen atoms in total. The lowest BCUT2D eigenvalue weighted by Gasteiger charge is -2.12. The summed E-state index contributed by atoms with van der Waals surface area (Å²) in [5.41, 5.74) is -0.176. The highest BCUT2D eigenvalue weighted by atomic mass is 19.4. The third-order valence-corrected chi connectivity index (χ3v) is 2.87. The van der Waals surface area contributed by atoms with Crippen molar-refractivity contribution in [1.82, 2.24) is 15.3 Å². The molecule has 0 unspecified atom stereocenters. The summed E-state index contributed by atoms with van der Waals surface area (Å²) in [5.74, 6) is 0.0993. The van der Waals surface area contributed by atoms with E-state index in [1.165, 1.54) is 0 Å². The van der Waals surface area contributed by atoms with Crippen LogP contribution in [0.1, 0.15) is 29.8 Å². The maximum atomic E-state index is 12.8. The lowest BCUT2D eigenvalue weighted by molar-refractivity contribution is -0.141. The molecule has 0 saturated heterocycles. The minimum Gasteiger partial charge on any atom is -0.351 e. The molecule has 0 spiro atoms. The van der Waals surface area contributed by atoms with Crippen LogP contribution in [0.5, 0.6) is 0 Å². The van der Waals surface area contributed by atoms with Crippen LogP contribution in [0.2, 0.25) is 0 Å². The number of nitrogens with zero attached hydrogens (tertiary/aromatic N) is 2. The van der Waals surface area contributed by atoms with Crippen LogP contribution in [0.25, 0.3) is 0 Å². The van der Waals surface area contributed by atoms with Crippen molar-refractivity contribution in [2.45, 2.75) is 38.1 Å². The standard InChI is InChI=1S/C10H11F3N4/c11-10(12,13)8-6-3-14-4-7(6)16-9(17-8)15-5-1-2-5/h5,14H,1-4H2,(H,15,16,17). The molecule has 7 heteroatoms. The summed E-state index contributed by atoms with van der Waals surface area (Å²) in [6.45, 7) is 0.564. The molecule has 1 aliphatic heterocycles. The fourth-order valence-electron chi connectivity index (χ4n) is 1.88. The highest BCUT2D eigenvalue weighted by molar-refractivity contribution is 5.39. The predicted molar refractivity (Wildman–Crippen MR) is 54.2 cm³/mol. The van der Waals surface area contributed by atoms with Gasteiger partial charge in [-0.15, -0.1) is 0 Å². The molecule has 1 aromatic heterocycles. The van der Waals surface area contributed by atoms with Crippen LogP contribution >= 0.6 is 0 Å². The molecule has 92 valence electrons. The van der Waals surface area contributed by atoms with E-state index in [0.29, 0.717) is 12.2 Å². The van der Waals surface area contributed by atoms with E-state index < -0.39 is 11.9 Å².